The Hall–Kier alpha value is -1.92. The fraction of sp³-hybridized carbons (Fsp3) is 0.450. The van der Waals surface area contributed by atoms with Crippen LogP contribution < -0.4 is 4.74 Å². The number of ether oxygens (including phenoxy) is 1. The average molecular weight is 376 g/mol. The van der Waals surface area contributed by atoms with Gasteiger partial charge in [-0.15, -0.1) is 11.3 Å². The lowest BCUT2D eigenvalue weighted by Crippen LogP contribution is -2.48. The van der Waals surface area contributed by atoms with Gasteiger partial charge >= 0.3 is 0 Å². The maximum absolute atomic E-state index is 13.8. The molecule has 1 amide bonds. The number of carbonyl (C=O) groups excluding carboxylic acids is 1. The Morgan fingerprint density at radius 1 is 1.23 bits per heavy atom. The van der Waals surface area contributed by atoms with E-state index in [1.54, 1.807) is 17.4 Å². The van der Waals surface area contributed by atoms with Crippen LogP contribution in [0, 0.1) is 12.7 Å². The van der Waals surface area contributed by atoms with E-state index in [0.717, 1.165) is 30.0 Å². The van der Waals surface area contributed by atoms with E-state index in [4.69, 9.17) is 4.74 Å². The fourth-order valence-electron chi connectivity index (χ4n) is 3.31. The summed E-state index contributed by atoms with van der Waals surface area (Å²) >= 11 is 1.59. The van der Waals surface area contributed by atoms with E-state index in [2.05, 4.69) is 18.7 Å². The number of thiophene rings is 1. The minimum Gasteiger partial charge on any atom is -0.494 e. The van der Waals surface area contributed by atoms with Crippen molar-refractivity contribution in [3.05, 3.63) is 51.0 Å². The van der Waals surface area contributed by atoms with Crippen molar-refractivity contribution in [3.63, 3.8) is 0 Å². The van der Waals surface area contributed by atoms with Gasteiger partial charge in [-0.2, -0.15) is 0 Å². The van der Waals surface area contributed by atoms with E-state index < -0.39 is 0 Å². The first-order chi connectivity index (χ1) is 12.5. The van der Waals surface area contributed by atoms with Gasteiger partial charge in [0.15, 0.2) is 11.6 Å². The van der Waals surface area contributed by atoms with Gasteiger partial charge in [-0.3, -0.25) is 9.69 Å². The second kappa shape index (κ2) is 8.18. The van der Waals surface area contributed by atoms with Crippen LogP contribution in [0.25, 0.3) is 0 Å². The monoisotopic (exact) mass is 376 g/mol. The first kappa shape index (κ1) is 18.9. The van der Waals surface area contributed by atoms with E-state index in [-0.39, 0.29) is 17.5 Å². The molecule has 0 unspecified atom stereocenters. The predicted molar refractivity (Wildman–Crippen MR) is 103 cm³/mol. The van der Waals surface area contributed by atoms with Crippen molar-refractivity contribution in [3.8, 4) is 5.75 Å². The molecule has 1 aromatic heterocycles. The highest BCUT2D eigenvalue weighted by molar-refractivity contribution is 7.14. The molecule has 0 atom stereocenters. The van der Waals surface area contributed by atoms with Gasteiger partial charge in [0.2, 0.25) is 0 Å². The van der Waals surface area contributed by atoms with Gasteiger partial charge in [-0.25, -0.2) is 4.39 Å². The van der Waals surface area contributed by atoms with Crippen molar-refractivity contribution in [2.45, 2.75) is 26.8 Å². The number of halogens is 1. The van der Waals surface area contributed by atoms with Crippen LogP contribution in [-0.2, 0) is 13.0 Å². The van der Waals surface area contributed by atoms with Crippen LogP contribution in [0.1, 0.15) is 32.6 Å². The number of nitrogens with zero attached hydrogens (tertiary/aromatic N) is 2. The topological polar surface area (TPSA) is 32.8 Å². The Morgan fingerprint density at radius 3 is 2.54 bits per heavy atom. The van der Waals surface area contributed by atoms with Gasteiger partial charge in [0.25, 0.3) is 5.91 Å². The molecule has 140 valence electrons. The zero-order chi connectivity index (χ0) is 18.7. The van der Waals surface area contributed by atoms with Gasteiger partial charge in [0, 0.05) is 37.6 Å². The van der Waals surface area contributed by atoms with Gasteiger partial charge < -0.3 is 9.64 Å². The van der Waals surface area contributed by atoms with Crippen molar-refractivity contribution in [2.24, 2.45) is 0 Å². The predicted octanol–water partition coefficient (Wildman–Crippen LogP) is 3.72. The molecule has 0 N–H and O–H groups in total. The summed E-state index contributed by atoms with van der Waals surface area (Å²) in [5, 5.41) is 0. The third-order valence-electron chi connectivity index (χ3n) is 4.89. The summed E-state index contributed by atoms with van der Waals surface area (Å²) < 4.78 is 18.8. The SMILES string of the molecule is CCc1cc(C(=O)N2CCN(Cc3ccc(OC)c(F)c3)CC2)sc1C. The fourth-order valence-corrected chi connectivity index (χ4v) is 4.39. The Bertz CT molecular complexity index is 782. The van der Waals surface area contributed by atoms with Crippen LogP contribution in [0.4, 0.5) is 4.39 Å². The molecule has 0 radical (unpaired) electrons. The van der Waals surface area contributed by atoms with Crippen molar-refractivity contribution < 1.29 is 13.9 Å². The second-order valence-corrected chi connectivity index (χ2v) is 7.84. The van der Waals surface area contributed by atoms with Gasteiger partial charge in [-0.1, -0.05) is 13.0 Å². The molecule has 1 saturated heterocycles. The Balaban J connectivity index is 1.56. The van der Waals surface area contributed by atoms with Crippen LogP contribution in [0.5, 0.6) is 5.75 Å². The summed E-state index contributed by atoms with van der Waals surface area (Å²) in [6, 6.07) is 7.11. The van der Waals surface area contributed by atoms with Crippen molar-refractivity contribution in [1.82, 2.24) is 9.80 Å². The number of amides is 1. The van der Waals surface area contributed by atoms with Crippen molar-refractivity contribution >= 4 is 17.2 Å². The summed E-state index contributed by atoms with van der Waals surface area (Å²) in [6.45, 7) is 7.87. The highest BCUT2D eigenvalue weighted by atomic mass is 32.1. The van der Waals surface area contributed by atoms with E-state index in [1.807, 2.05) is 17.0 Å². The molecule has 26 heavy (non-hydrogen) atoms. The van der Waals surface area contributed by atoms with E-state index in [1.165, 1.54) is 23.6 Å². The Labute approximate surface area is 158 Å². The molecule has 1 fully saturated rings. The highest BCUT2D eigenvalue weighted by Crippen LogP contribution is 2.24. The third-order valence-corrected chi connectivity index (χ3v) is 5.97. The zero-order valence-corrected chi connectivity index (χ0v) is 16.4. The first-order valence-corrected chi connectivity index (χ1v) is 9.76. The van der Waals surface area contributed by atoms with E-state index >= 15 is 0 Å². The summed E-state index contributed by atoms with van der Waals surface area (Å²) in [7, 11) is 1.47. The minimum absolute atomic E-state index is 0.132. The molecule has 1 aliphatic heterocycles. The minimum atomic E-state index is -0.335. The smallest absolute Gasteiger partial charge is 0.264 e. The molecule has 1 aliphatic rings. The number of benzene rings is 1. The van der Waals surface area contributed by atoms with Crippen LogP contribution in [0.15, 0.2) is 24.3 Å². The summed E-state index contributed by atoms with van der Waals surface area (Å²) in [5.74, 6) is 0.0633. The maximum Gasteiger partial charge on any atom is 0.264 e. The maximum atomic E-state index is 13.8. The molecule has 3 rings (SSSR count). The van der Waals surface area contributed by atoms with Gasteiger partial charge in [0.1, 0.15) is 0 Å². The lowest BCUT2D eigenvalue weighted by molar-refractivity contribution is 0.0633. The van der Waals surface area contributed by atoms with Crippen LogP contribution in [0.3, 0.4) is 0 Å². The highest BCUT2D eigenvalue weighted by Gasteiger charge is 2.24. The average Bonchev–Trinajstić information content (AvgIpc) is 3.03. The van der Waals surface area contributed by atoms with Crippen LogP contribution in [-0.4, -0.2) is 49.0 Å². The van der Waals surface area contributed by atoms with Crippen LogP contribution in [0.2, 0.25) is 0 Å². The van der Waals surface area contributed by atoms with E-state index in [9.17, 15) is 9.18 Å². The molecule has 2 aromatic rings. The normalized spacial score (nSPS) is 15.3. The van der Waals surface area contributed by atoms with Crippen molar-refractivity contribution in [2.75, 3.05) is 33.3 Å². The molecular weight excluding hydrogens is 351 g/mol. The number of piperazine rings is 1. The lowest BCUT2D eigenvalue weighted by Gasteiger charge is -2.34. The Morgan fingerprint density at radius 2 is 1.96 bits per heavy atom. The number of hydrogen-bond donors (Lipinski definition) is 0. The second-order valence-electron chi connectivity index (χ2n) is 6.58. The summed E-state index contributed by atoms with van der Waals surface area (Å²) in [5.41, 5.74) is 2.18. The van der Waals surface area contributed by atoms with Gasteiger partial charge in [-0.05, 0) is 42.7 Å². The molecule has 4 nitrogen and oxygen atoms in total. The summed E-state index contributed by atoms with van der Waals surface area (Å²) in [4.78, 5) is 19.0. The summed E-state index contributed by atoms with van der Waals surface area (Å²) in [6.07, 6.45) is 0.960. The van der Waals surface area contributed by atoms with Crippen LogP contribution >= 0.6 is 11.3 Å². The lowest BCUT2D eigenvalue weighted by atomic mass is 10.1. The zero-order valence-electron chi connectivity index (χ0n) is 15.5. The molecule has 1 aromatic carbocycles. The first-order valence-electron chi connectivity index (χ1n) is 8.95. The van der Waals surface area contributed by atoms with Crippen molar-refractivity contribution in [1.29, 1.82) is 0 Å². The third kappa shape index (κ3) is 4.07. The molecule has 0 saturated carbocycles. The van der Waals surface area contributed by atoms with Gasteiger partial charge in [0.05, 0.1) is 12.0 Å². The number of hydrogen-bond acceptors (Lipinski definition) is 4. The molecule has 0 spiro atoms. The largest absolute Gasteiger partial charge is 0.494 e. The quantitative estimate of drug-likeness (QED) is 0.797. The number of methoxy groups -OCH3 is 1. The molecule has 2 heterocycles. The molecular formula is C20H25FN2O2S. The Kier molecular flexibility index (Phi) is 5.94. The number of carbonyl (C=O) groups is 1. The molecule has 6 heteroatoms. The molecule has 0 bridgehead atoms. The standard InChI is InChI=1S/C20H25FN2O2S/c1-4-16-12-19(26-14(16)2)20(24)23-9-7-22(8-10-23)13-15-5-6-18(25-3)17(21)11-15/h5-6,11-12H,4,7-10,13H2,1-3H3. The number of aryl methyl sites for hydroxylation is 2. The molecule has 0 aliphatic carbocycles. The number of rotatable bonds is 5. The van der Waals surface area contributed by atoms with E-state index in [0.29, 0.717) is 19.6 Å².